The molecule has 0 spiro atoms. The van der Waals surface area contributed by atoms with Gasteiger partial charge < -0.3 is 9.72 Å². The molecular weight excluding hydrogens is 352 g/mol. The molecule has 5 heteroatoms. The van der Waals surface area contributed by atoms with E-state index >= 15 is 0 Å². The minimum absolute atomic E-state index is 0.0527. The number of aromatic nitrogens is 2. The molecule has 3 aromatic rings. The van der Waals surface area contributed by atoms with Crippen LogP contribution in [0.1, 0.15) is 50.6 Å². The van der Waals surface area contributed by atoms with Crippen molar-refractivity contribution < 1.29 is 9.53 Å². The molecule has 1 N–H and O–H groups in total. The monoisotopic (exact) mass is 378 g/mol. The number of nitrogens with zero attached hydrogens (tertiary/aromatic N) is 1. The van der Waals surface area contributed by atoms with Gasteiger partial charge in [0.05, 0.1) is 10.9 Å². The molecular formula is C23H26N2O3. The zero-order valence-electron chi connectivity index (χ0n) is 16.8. The van der Waals surface area contributed by atoms with Crippen molar-refractivity contribution in [3.8, 4) is 5.75 Å². The van der Waals surface area contributed by atoms with Crippen molar-refractivity contribution in [1.82, 2.24) is 9.97 Å². The van der Waals surface area contributed by atoms with Gasteiger partial charge in [0.2, 0.25) is 0 Å². The third-order valence-electron chi connectivity index (χ3n) is 4.72. The van der Waals surface area contributed by atoms with Gasteiger partial charge in [-0.15, -0.1) is 0 Å². The largest absolute Gasteiger partial charge is 0.426 e. The van der Waals surface area contributed by atoms with Gasteiger partial charge in [0.15, 0.2) is 0 Å². The lowest BCUT2D eigenvalue weighted by Crippen LogP contribution is -2.14. The normalized spacial score (nSPS) is 11.6. The second-order valence-corrected chi connectivity index (χ2v) is 8.09. The van der Waals surface area contributed by atoms with Crippen LogP contribution >= 0.6 is 0 Å². The first-order valence-electron chi connectivity index (χ1n) is 9.54. The minimum atomic E-state index is -0.283. The summed E-state index contributed by atoms with van der Waals surface area (Å²) in [5.74, 6) is 0.896. The highest BCUT2D eigenvalue weighted by atomic mass is 16.5. The quantitative estimate of drug-likeness (QED) is 0.526. The number of esters is 1. The van der Waals surface area contributed by atoms with Crippen LogP contribution in [0.15, 0.2) is 47.3 Å². The Kier molecular flexibility index (Phi) is 5.63. The molecule has 0 aliphatic carbocycles. The van der Waals surface area contributed by atoms with E-state index < -0.39 is 0 Å². The SMILES string of the molecule is Cc1cc(C(C)(C)C)ccc1OC(=O)CCCc1nc2ccccc2c(=O)[nH]1. The van der Waals surface area contributed by atoms with Crippen LogP contribution in [0.5, 0.6) is 5.75 Å². The summed E-state index contributed by atoms with van der Waals surface area (Å²) in [5.41, 5.74) is 2.71. The van der Waals surface area contributed by atoms with E-state index in [4.69, 9.17) is 4.74 Å². The zero-order valence-corrected chi connectivity index (χ0v) is 16.8. The van der Waals surface area contributed by atoms with E-state index in [1.54, 1.807) is 6.07 Å². The molecule has 1 heterocycles. The van der Waals surface area contributed by atoms with Gasteiger partial charge in [0, 0.05) is 12.8 Å². The van der Waals surface area contributed by atoms with Crippen LogP contribution in [0.2, 0.25) is 0 Å². The van der Waals surface area contributed by atoms with Gasteiger partial charge in [-0.2, -0.15) is 0 Å². The second kappa shape index (κ2) is 7.97. The molecule has 2 aromatic carbocycles. The van der Waals surface area contributed by atoms with Crippen molar-refractivity contribution in [2.45, 2.75) is 52.4 Å². The Balaban J connectivity index is 1.59. The lowest BCUT2D eigenvalue weighted by Gasteiger charge is -2.20. The minimum Gasteiger partial charge on any atom is -0.426 e. The number of nitrogens with one attached hydrogen (secondary N) is 1. The molecule has 146 valence electrons. The van der Waals surface area contributed by atoms with Crippen molar-refractivity contribution in [2.75, 3.05) is 0 Å². The topological polar surface area (TPSA) is 72.0 Å². The highest BCUT2D eigenvalue weighted by molar-refractivity contribution is 5.77. The molecule has 0 aliphatic rings. The van der Waals surface area contributed by atoms with E-state index in [2.05, 4.69) is 36.8 Å². The number of carbonyl (C=O) groups is 1. The Hall–Kier alpha value is -2.95. The number of carbonyl (C=O) groups excluding carboxylic acids is 1. The number of aromatic amines is 1. The maximum absolute atomic E-state index is 12.2. The fourth-order valence-corrected chi connectivity index (χ4v) is 3.06. The van der Waals surface area contributed by atoms with Gasteiger partial charge in [-0.25, -0.2) is 4.98 Å². The number of benzene rings is 2. The number of hydrogen-bond acceptors (Lipinski definition) is 4. The summed E-state index contributed by atoms with van der Waals surface area (Å²) in [7, 11) is 0. The molecule has 0 radical (unpaired) electrons. The third kappa shape index (κ3) is 4.66. The number of fused-ring (bicyclic) bond motifs is 1. The second-order valence-electron chi connectivity index (χ2n) is 8.09. The summed E-state index contributed by atoms with van der Waals surface area (Å²) in [5, 5.41) is 0.569. The average Bonchev–Trinajstić information content (AvgIpc) is 2.62. The number of rotatable bonds is 5. The van der Waals surface area contributed by atoms with Crippen LogP contribution in [-0.2, 0) is 16.6 Å². The molecule has 0 amide bonds. The van der Waals surface area contributed by atoms with Crippen molar-refractivity contribution in [3.05, 3.63) is 69.8 Å². The van der Waals surface area contributed by atoms with Gasteiger partial charge >= 0.3 is 5.97 Å². The fraction of sp³-hybridized carbons (Fsp3) is 0.348. The first-order valence-corrected chi connectivity index (χ1v) is 9.54. The smallest absolute Gasteiger partial charge is 0.311 e. The van der Waals surface area contributed by atoms with E-state index in [1.165, 1.54) is 5.56 Å². The summed E-state index contributed by atoms with van der Waals surface area (Å²) in [4.78, 5) is 31.5. The third-order valence-corrected chi connectivity index (χ3v) is 4.72. The van der Waals surface area contributed by atoms with Crippen molar-refractivity contribution >= 4 is 16.9 Å². The number of para-hydroxylation sites is 1. The Morgan fingerprint density at radius 3 is 2.61 bits per heavy atom. The van der Waals surface area contributed by atoms with Gasteiger partial charge in [0.25, 0.3) is 5.56 Å². The summed E-state index contributed by atoms with van der Waals surface area (Å²) >= 11 is 0. The highest BCUT2D eigenvalue weighted by Crippen LogP contribution is 2.27. The zero-order chi connectivity index (χ0) is 20.3. The predicted octanol–water partition coefficient (Wildman–Crippen LogP) is 4.46. The van der Waals surface area contributed by atoms with Crippen molar-refractivity contribution in [3.63, 3.8) is 0 Å². The Labute approximate surface area is 164 Å². The van der Waals surface area contributed by atoms with E-state index in [-0.39, 0.29) is 23.4 Å². The Bertz CT molecular complexity index is 1060. The van der Waals surface area contributed by atoms with Gasteiger partial charge in [-0.3, -0.25) is 9.59 Å². The summed E-state index contributed by atoms with van der Waals surface area (Å²) in [6.45, 7) is 8.40. The van der Waals surface area contributed by atoms with E-state index in [9.17, 15) is 9.59 Å². The molecule has 0 aliphatic heterocycles. The number of H-pyrrole nitrogens is 1. The van der Waals surface area contributed by atoms with Gasteiger partial charge in [-0.1, -0.05) is 45.0 Å². The lowest BCUT2D eigenvalue weighted by atomic mass is 9.86. The number of aryl methyl sites for hydroxylation is 2. The van der Waals surface area contributed by atoms with Crippen LogP contribution in [0.4, 0.5) is 0 Å². The molecule has 0 bridgehead atoms. The van der Waals surface area contributed by atoms with Crippen LogP contribution < -0.4 is 10.3 Å². The van der Waals surface area contributed by atoms with Crippen molar-refractivity contribution in [1.29, 1.82) is 0 Å². The van der Waals surface area contributed by atoms with Gasteiger partial charge in [0.1, 0.15) is 11.6 Å². The Morgan fingerprint density at radius 1 is 1.14 bits per heavy atom. The molecule has 0 fully saturated rings. The summed E-state index contributed by atoms with van der Waals surface area (Å²) in [6, 6.07) is 13.1. The average molecular weight is 378 g/mol. The van der Waals surface area contributed by atoms with Gasteiger partial charge in [-0.05, 0) is 48.1 Å². The first kappa shape index (κ1) is 19.8. The maximum atomic E-state index is 12.2. The molecule has 3 rings (SSSR count). The maximum Gasteiger partial charge on any atom is 0.311 e. The molecule has 28 heavy (non-hydrogen) atoms. The van der Waals surface area contributed by atoms with Crippen LogP contribution in [0.25, 0.3) is 10.9 Å². The first-order chi connectivity index (χ1) is 13.2. The summed E-state index contributed by atoms with van der Waals surface area (Å²) < 4.78 is 5.51. The Morgan fingerprint density at radius 2 is 1.89 bits per heavy atom. The van der Waals surface area contributed by atoms with E-state index in [0.29, 0.717) is 35.3 Å². The highest BCUT2D eigenvalue weighted by Gasteiger charge is 2.16. The van der Waals surface area contributed by atoms with E-state index in [0.717, 1.165) is 5.56 Å². The molecule has 0 atom stereocenters. The molecule has 0 saturated carbocycles. The van der Waals surface area contributed by atoms with Crippen LogP contribution in [0, 0.1) is 6.92 Å². The number of hydrogen-bond donors (Lipinski definition) is 1. The number of ether oxygens (including phenoxy) is 1. The predicted molar refractivity (Wildman–Crippen MR) is 111 cm³/mol. The summed E-state index contributed by atoms with van der Waals surface area (Å²) in [6.07, 6.45) is 1.33. The van der Waals surface area contributed by atoms with Crippen molar-refractivity contribution in [2.24, 2.45) is 0 Å². The molecule has 1 aromatic heterocycles. The lowest BCUT2D eigenvalue weighted by molar-refractivity contribution is -0.134. The molecule has 0 saturated heterocycles. The fourth-order valence-electron chi connectivity index (χ4n) is 3.06. The standard InChI is InChI=1S/C23H26N2O3/c1-15-14-16(23(2,3)4)12-13-19(15)28-21(26)11-7-10-20-24-18-9-6-5-8-17(18)22(27)25-20/h5-6,8-9,12-14H,7,10-11H2,1-4H3,(H,24,25,27). The van der Waals surface area contributed by atoms with E-state index in [1.807, 2.05) is 37.3 Å². The molecule has 0 unspecified atom stereocenters. The van der Waals surface area contributed by atoms with Crippen LogP contribution in [0.3, 0.4) is 0 Å². The molecule has 5 nitrogen and oxygen atoms in total. The van der Waals surface area contributed by atoms with Crippen LogP contribution in [-0.4, -0.2) is 15.9 Å².